The van der Waals surface area contributed by atoms with Gasteiger partial charge in [-0.3, -0.25) is 0 Å². The molecule has 18 heavy (non-hydrogen) atoms. The molecule has 2 nitrogen and oxygen atoms in total. The molecule has 2 saturated carbocycles. The molecule has 2 aliphatic carbocycles. The van der Waals surface area contributed by atoms with E-state index in [1.54, 1.807) is 0 Å². The van der Waals surface area contributed by atoms with E-state index in [0.29, 0.717) is 11.5 Å². The third kappa shape index (κ3) is 4.36. The van der Waals surface area contributed by atoms with Crippen LogP contribution in [0, 0.1) is 63.7 Å². The molecular weight excluding hydrogens is 268 g/mol. The summed E-state index contributed by atoms with van der Waals surface area (Å²) >= 11 is 0. The Hall–Kier alpha value is -0.401. The predicted molar refractivity (Wildman–Crippen MR) is 66.2 cm³/mol. The van der Waals surface area contributed by atoms with E-state index in [1.165, 1.54) is 0 Å². The summed E-state index contributed by atoms with van der Waals surface area (Å²) in [6, 6.07) is 0. The van der Waals surface area contributed by atoms with E-state index in [9.17, 15) is 0 Å². The van der Waals surface area contributed by atoms with Crippen LogP contribution in [0.15, 0.2) is 24.7 Å². The molecule has 1 aliphatic heterocycles. The minimum Gasteiger partial charge on any atom is -0.451 e. The fraction of sp³-hybridized carbons (Fsp3) is 0.0667. The molecule has 0 spiro atoms. The first-order chi connectivity index (χ1) is 8.27. The van der Waals surface area contributed by atoms with Crippen LogP contribution in [0.5, 0.6) is 0 Å². The Bertz CT molecular complexity index is 255. The maximum absolute atomic E-state index is 5.30. The minimum atomic E-state index is -0.347. The van der Waals surface area contributed by atoms with Crippen molar-refractivity contribution in [3.8, 4) is 0 Å². The quantitative estimate of drug-likeness (QED) is 0.688. The summed E-state index contributed by atoms with van der Waals surface area (Å²) in [4.78, 5) is 0. The van der Waals surface area contributed by atoms with Crippen molar-refractivity contribution in [3.05, 3.63) is 88.4 Å². The van der Waals surface area contributed by atoms with Crippen LogP contribution in [0.2, 0.25) is 0 Å². The van der Waals surface area contributed by atoms with Gasteiger partial charge >= 0.3 is 17.1 Å². The molecule has 10 radical (unpaired) electrons. The Labute approximate surface area is 121 Å². The van der Waals surface area contributed by atoms with Crippen LogP contribution in [0.25, 0.3) is 0 Å². The number of rotatable bonds is 1. The van der Waals surface area contributed by atoms with Gasteiger partial charge in [0.2, 0.25) is 6.29 Å². The Kier molecular flexibility index (Phi) is 6.88. The third-order valence-electron chi connectivity index (χ3n) is 2.33. The number of ether oxygens (including phenoxy) is 2. The summed E-state index contributed by atoms with van der Waals surface area (Å²) in [5, 5.41) is 0. The molecule has 0 bridgehead atoms. The first-order valence-corrected chi connectivity index (χ1v) is 5.37. The van der Waals surface area contributed by atoms with Crippen LogP contribution in [0.4, 0.5) is 0 Å². The zero-order valence-electron chi connectivity index (χ0n) is 9.86. The molecule has 3 heteroatoms. The Morgan fingerprint density at radius 2 is 1.11 bits per heavy atom. The number of hydrogen-bond donors (Lipinski definition) is 0. The van der Waals surface area contributed by atoms with Gasteiger partial charge in [0, 0.05) is 0 Å². The fourth-order valence-electron chi connectivity index (χ4n) is 1.42. The van der Waals surface area contributed by atoms with Crippen LogP contribution in [0.1, 0.15) is 0 Å². The molecule has 0 aromatic heterocycles. The summed E-state index contributed by atoms with van der Waals surface area (Å²) in [7, 11) is 0. The second kappa shape index (κ2) is 7.91. The van der Waals surface area contributed by atoms with Gasteiger partial charge in [0.1, 0.15) is 0 Å². The summed E-state index contributed by atoms with van der Waals surface area (Å²) < 4.78 is 10.6. The second-order valence-corrected chi connectivity index (χ2v) is 3.59. The van der Waals surface area contributed by atoms with Crippen LogP contribution < -0.4 is 0 Å². The van der Waals surface area contributed by atoms with Crippen molar-refractivity contribution >= 4 is 0 Å². The van der Waals surface area contributed by atoms with Gasteiger partial charge in [-0.05, 0) is 57.8 Å². The van der Waals surface area contributed by atoms with Gasteiger partial charge < -0.3 is 9.47 Å². The van der Waals surface area contributed by atoms with E-state index in [2.05, 4.69) is 13.2 Å². The number of hydrogen-bond acceptors (Lipinski definition) is 2. The average molecular weight is 282 g/mol. The van der Waals surface area contributed by atoms with Gasteiger partial charge in [-0.15, -0.1) is 0 Å². The van der Waals surface area contributed by atoms with Crippen molar-refractivity contribution in [3.63, 3.8) is 0 Å². The largest absolute Gasteiger partial charge is 2.00 e. The molecule has 0 amide bonds. The topological polar surface area (TPSA) is 18.5 Å². The molecule has 3 rings (SSSR count). The molecule has 92 valence electrons. The van der Waals surface area contributed by atoms with E-state index < -0.39 is 0 Å². The van der Waals surface area contributed by atoms with E-state index in [0.717, 1.165) is 5.92 Å². The predicted octanol–water partition coefficient (Wildman–Crippen LogP) is 2.81. The molecule has 0 aromatic carbocycles. The van der Waals surface area contributed by atoms with Crippen LogP contribution in [-0.2, 0) is 26.5 Å². The van der Waals surface area contributed by atoms with Gasteiger partial charge in [0.15, 0.2) is 11.5 Å². The van der Waals surface area contributed by atoms with Crippen molar-refractivity contribution in [1.82, 2.24) is 0 Å². The van der Waals surface area contributed by atoms with Crippen molar-refractivity contribution < 1.29 is 26.5 Å². The van der Waals surface area contributed by atoms with E-state index >= 15 is 0 Å². The molecule has 0 N–H and O–H groups in total. The second-order valence-electron chi connectivity index (χ2n) is 3.59. The minimum absolute atomic E-state index is 0. The summed E-state index contributed by atoms with van der Waals surface area (Å²) in [6.45, 7) is 7.30. The van der Waals surface area contributed by atoms with Gasteiger partial charge in [-0.2, -0.15) is 0 Å². The third-order valence-corrected chi connectivity index (χ3v) is 2.33. The molecular formula is C15H14FeO2+2. The monoisotopic (exact) mass is 282 g/mol. The van der Waals surface area contributed by atoms with Gasteiger partial charge in [0.25, 0.3) is 0 Å². The molecule has 0 atom stereocenters. The van der Waals surface area contributed by atoms with Crippen molar-refractivity contribution in [2.75, 3.05) is 0 Å². The Balaban J connectivity index is 0.000000230. The van der Waals surface area contributed by atoms with Crippen molar-refractivity contribution in [2.24, 2.45) is 0 Å². The molecule has 1 heterocycles. The summed E-state index contributed by atoms with van der Waals surface area (Å²) in [5.74, 6) is 2.03. The summed E-state index contributed by atoms with van der Waals surface area (Å²) in [5.41, 5.74) is 0. The first kappa shape index (κ1) is 15.7. The molecule has 3 aliphatic rings. The maximum Gasteiger partial charge on any atom is 2.00 e. The van der Waals surface area contributed by atoms with Crippen LogP contribution in [-0.4, -0.2) is 6.29 Å². The van der Waals surface area contributed by atoms with E-state index in [-0.39, 0.29) is 23.4 Å². The molecule has 0 aromatic rings. The SMILES string of the molecule is C=C1OC([C]2[CH][CH][CH][CH]2)OC1=C.[CH]1[CH][CH][CH][CH]1.[Fe+2]. The zero-order valence-corrected chi connectivity index (χ0v) is 11.0. The van der Waals surface area contributed by atoms with Gasteiger partial charge in [-0.25, -0.2) is 0 Å². The van der Waals surface area contributed by atoms with Crippen molar-refractivity contribution in [2.45, 2.75) is 6.29 Å². The first-order valence-electron chi connectivity index (χ1n) is 5.37. The zero-order chi connectivity index (χ0) is 12.1. The maximum atomic E-state index is 5.30. The average Bonchev–Trinajstić information content (AvgIpc) is 3.03. The van der Waals surface area contributed by atoms with Gasteiger partial charge in [0.05, 0.1) is 5.92 Å². The Morgan fingerprint density at radius 3 is 1.50 bits per heavy atom. The summed E-state index contributed by atoms with van der Waals surface area (Å²) in [6.07, 6.45) is 17.4. The van der Waals surface area contributed by atoms with Crippen LogP contribution >= 0.6 is 0 Å². The standard InChI is InChI=1S/C10H9O2.C5H5.Fe/c1-7-8(2)12-10(11-7)9-5-3-4-6-9;1-2-4-5-3-1;/h3-6,10H,1-2H2;1-5H;/q;;+2. The molecule has 0 unspecified atom stereocenters. The van der Waals surface area contributed by atoms with Crippen molar-refractivity contribution in [1.29, 1.82) is 0 Å². The van der Waals surface area contributed by atoms with Gasteiger partial charge in [-0.1, -0.05) is 13.2 Å². The van der Waals surface area contributed by atoms with Crippen LogP contribution in [0.3, 0.4) is 0 Å². The Morgan fingerprint density at radius 1 is 0.722 bits per heavy atom. The van der Waals surface area contributed by atoms with E-state index in [1.807, 2.05) is 57.8 Å². The molecule has 3 fully saturated rings. The normalized spacial score (nSPS) is 24.0. The fourth-order valence-corrected chi connectivity index (χ4v) is 1.42. The van der Waals surface area contributed by atoms with E-state index in [4.69, 9.17) is 9.47 Å². The molecule has 1 saturated heterocycles. The smallest absolute Gasteiger partial charge is 0.451 e.